The van der Waals surface area contributed by atoms with Crippen molar-refractivity contribution in [3.05, 3.63) is 27.7 Å². The molecule has 1 saturated heterocycles. The number of likely N-dealkylation sites (tertiary alicyclic amines) is 1. The zero-order chi connectivity index (χ0) is 24.5. The van der Waals surface area contributed by atoms with E-state index in [1.165, 1.54) is 12.1 Å². The van der Waals surface area contributed by atoms with Gasteiger partial charge in [-0.3, -0.25) is 4.79 Å². The third-order valence-electron chi connectivity index (χ3n) is 4.68. The second-order valence-electron chi connectivity index (χ2n) is 9.83. The highest BCUT2D eigenvalue weighted by molar-refractivity contribution is 6.76. The van der Waals surface area contributed by atoms with E-state index in [0.29, 0.717) is 11.5 Å². The van der Waals surface area contributed by atoms with E-state index in [1.54, 1.807) is 20.8 Å². The minimum atomic E-state index is -3.91. The van der Waals surface area contributed by atoms with Crippen LogP contribution in [0.15, 0.2) is 12.1 Å². The minimum Gasteiger partial charge on any atom is -0.467 e. The summed E-state index contributed by atoms with van der Waals surface area (Å²) in [5, 5.41) is -0.151. The summed E-state index contributed by atoms with van der Waals surface area (Å²) in [5.41, 5.74) is -1.11. The van der Waals surface area contributed by atoms with E-state index < -0.39 is 44.1 Å². The Balaban J connectivity index is 2.28. The monoisotopic (exact) mass is 511 g/mol. The molecule has 2 rings (SSSR count). The molecule has 0 saturated carbocycles. The molecule has 0 N–H and O–H groups in total. The summed E-state index contributed by atoms with van der Waals surface area (Å²) in [6.45, 7) is 11.0. The number of carbonyl (C=O) groups is 2. The average molecular weight is 512 g/mol. The summed E-state index contributed by atoms with van der Waals surface area (Å²) in [6.07, 6.45) is -1.15. The Bertz CT molecular complexity index is 871. The summed E-state index contributed by atoms with van der Waals surface area (Å²) in [4.78, 5) is 25.1. The molecular formula is C21H29Cl2F2NO5Si. The number of benzene rings is 1. The first-order chi connectivity index (χ1) is 14.5. The standard InChI is InChI=1S/C21H29Cl2F2NO5Si/c1-20(2,3)31-19(28)26-11-13(21(24,25)18(26)27)16-15(8-7-14(22)17(16)23)30-12-29-9-10-32(4,5)6/h7-8,13H,9-12H2,1-6H3/t13-/m0/s1. The summed E-state index contributed by atoms with van der Waals surface area (Å²) >= 11 is 12.3. The van der Waals surface area contributed by atoms with E-state index in [0.717, 1.165) is 6.04 Å². The predicted octanol–water partition coefficient (Wildman–Crippen LogP) is 6.18. The molecule has 32 heavy (non-hydrogen) atoms. The van der Waals surface area contributed by atoms with Crippen molar-refractivity contribution in [1.82, 2.24) is 4.90 Å². The Hall–Kier alpha value is -1.42. The van der Waals surface area contributed by atoms with Crippen molar-refractivity contribution in [2.75, 3.05) is 19.9 Å². The third-order valence-corrected chi connectivity index (χ3v) is 7.21. The van der Waals surface area contributed by atoms with Crippen molar-refractivity contribution in [2.24, 2.45) is 0 Å². The quantitative estimate of drug-likeness (QED) is 0.248. The van der Waals surface area contributed by atoms with Crippen LogP contribution >= 0.6 is 23.2 Å². The molecule has 1 heterocycles. The predicted molar refractivity (Wildman–Crippen MR) is 122 cm³/mol. The lowest BCUT2D eigenvalue weighted by Crippen LogP contribution is -2.41. The summed E-state index contributed by atoms with van der Waals surface area (Å²) in [5.74, 6) is -7.33. The fraction of sp³-hybridized carbons (Fsp3) is 0.619. The molecule has 0 spiro atoms. The molecule has 2 amide bonds. The molecule has 11 heteroatoms. The van der Waals surface area contributed by atoms with Gasteiger partial charge >= 0.3 is 17.9 Å². The van der Waals surface area contributed by atoms with Crippen LogP contribution in [-0.2, 0) is 14.3 Å². The van der Waals surface area contributed by atoms with Gasteiger partial charge in [-0.05, 0) is 38.9 Å². The van der Waals surface area contributed by atoms with Gasteiger partial charge in [0.1, 0.15) is 11.4 Å². The first kappa shape index (κ1) is 26.8. The van der Waals surface area contributed by atoms with Crippen LogP contribution in [0.3, 0.4) is 0 Å². The number of alkyl halides is 2. The number of nitrogens with zero attached hydrogens (tertiary/aromatic N) is 1. The Labute approximate surface area is 198 Å². The molecule has 1 fully saturated rings. The smallest absolute Gasteiger partial charge is 0.417 e. The van der Waals surface area contributed by atoms with Crippen LogP contribution in [0.25, 0.3) is 0 Å². The normalized spacial score (nSPS) is 18.8. The SMILES string of the molecule is CC(C)(C)OC(=O)N1C[C@@H](c2c(OCOCC[Si](C)(C)C)ccc(Cl)c2Cl)C(F)(F)C1=O. The van der Waals surface area contributed by atoms with E-state index in [1.807, 2.05) is 0 Å². The van der Waals surface area contributed by atoms with Crippen molar-refractivity contribution in [2.45, 2.75) is 63.9 Å². The van der Waals surface area contributed by atoms with Crippen LogP contribution in [0.5, 0.6) is 5.75 Å². The number of amides is 2. The summed E-state index contributed by atoms with van der Waals surface area (Å²) in [7, 11) is -1.30. The van der Waals surface area contributed by atoms with Gasteiger partial charge in [0, 0.05) is 26.8 Å². The van der Waals surface area contributed by atoms with Crippen molar-refractivity contribution in [3.63, 3.8) is 0 Å². The van der Waals surface area contributed by atoms with Crippen LogP contribution in [0.2, 0.25) is 35.7 Å². The summed E-state index contributed by atoms with van der Waals surface area (Å²) < 4.78 is 46.2. The molecule has 180 valence electrons. The maximum Gasteiger partial charge on any atom is 0.417 e. The third kappa shape index (κ3) is 6.56. The van der Waals surface area contributed by atoms with Crippen molar-refractivity contribution in [3.8, 4) is 5.75 Å². The van der Waals surface area contributed by atoms with Crippen LogP contribution in [0.4, 0.5) is 13.6 Å². The van der Waals surface area contributed by atoms with E-state index in [2.05, 4.69) is 19.6 Å². The Kier molecular flexibility index (Phi) is 8.24. The Morgan fingerprint density at radius 3 is 2.44 bits per heavy atom. The molecule has 6 nitrogen and oxygen atoms in total. The molecule has 0 radical (unpaired) electrons. The lowest BCUT2D eigenvalue weighted by Gasteiger charge is -2.23. The van der Waals surface area contributed by atoms with Crippen LogP contribution in [0, 0.1) is 0 Å². The fourth-order valence-corrected chi connectivity index (χ4v) is 4.21. The highest BCUT2D eigenvalue weighted by Crippen LogP contribution is 2.48. The van der Waals surface area contributed by atoms with Crippen LogP contribution < -0.4 is 4.74 Å². The highest BCUT2D eigenvalue weighted by Gasteiger charge is 2.60. The zero-order valence-electron chi connectivity index (χ0n) is 19.1. The minimum absolute atomic E-state index is 0.0101. The van der Waals surface area contributed by atoms with Crippen LogP contribution in [-0.4, -0.2) is 56.4 Å². The molecule has 0 aliphatic carbocycles. The zero-order valence-corrected chi connectivity index (χ0v) is 21.6. The Morgan fingerprint density at radius 2 is 1.88 bits per heavy atom. The number of rotatable bonds is 7. The van der Waals surface area contributed by atoms with E-state index in [-0.39, 0.29) is 28.2 Å². The van der Waals surface area contributed by atoms with E-state index in [9.17, 15) is 9.59 Å². The van der Waals surface area contributed by atoms with Gasteiger partial charge < -0.3 is 14.2 Å². The number of imide groups is 1. The number of halogens is 4. The fourth-order valence-electron chi connectivity index (χ4n) is 3.00. The van der Waals surface area contributed by atoms with Gasteiger partial charge in [0.25, 0.3) is 0 Å². The molecule has 1 aromatic carbocycles. The maximum absolute atomic E-state index is 15.0. The van der Waals surface area contributed by atoms with Crippen molar-refractivity contribution >= 4 is 43.3 Å². The van der Waals surface area contributed by atoms with Crippen LogP contribution in [0.1, 0.15) is 32.3 Å². The maximum atomic E-state index is 15.0. The Morgan fingerprint density at radius 1 is 1.25 bits per heavy atom. The molecule has 1 aromatic rings. The molecule has 1 atom stereocenters. The molecule has 1 aliphatic heterocycles. The molecule has 0 aromatic heterocycles. The molecule has 1 aliphatic rings. The van der Waals surface area contributed by atoms with Crippen molar-refractivity contribution in [1.29, 1.82) is 0 Å². The first-order valence-corrected chi connectivity index (χ1v) is 14.6. The number of hydrogen-bond acceptors (Lipinski definition) is 5. The molecular weight excluding hydrogens is 483 g/mol. The lowest BCUT2D eigenvalue weighted by atomic mass is 9.94. The summed E-state index contributed by atoms with van der Waals surface area (Å²) in [6, 6.07) is 3.71. The van der Waals surface area contributed by atoms with Gasteiger partial charge in [0.05, 0.1) is 16.0 Å². The second-order valence-corrected chi connectivity index (χ2v) is 16.2. The van der Waals surface area contributed by atoms with Gasteiger partial charge in [0.15, 0.2) is 6.79 Å². The van der Waals surface area contributed by atoms with Gasteiger partial charge in [-0.2, -0.15) is 8.78 Å². The number of hydrogen-bond donors (Lipinski definition) is 0. The topological polar surface area (TPSA) is 65.1 Å². The largest absolute Gasteiger partial charge is 0.467 e. The number of carbonyl (C=O) groups excluding carboxylic acids is 2. The van der Waals surface area contributed by atoms with E-state index in [4.69, 9.17) is 37.4 Å². The van der Waals surface area contributed by atoms with Gasteiger partial charge in [-0.1, -0.05) is 42.8 Å². The lowest BCUT2D eigenvalue weighted by molar-refractivity contribution is -0.148. The average Bonchev–Trinajstić information content (AvgIpc) is 2.86. The first-order valence-electron chi connectivity index (χ1n) is 10.2. The second kappa shape index (κ2) is 9.83. The number of ether oxygens (including phenoxy) is 3. The van der Waals surface area contributed by atoms with E-state index >= 15 is 8.78 Å². The highest BCUT2D eigenvalue weighted by atomic mass is 35.5. The van der Waals surface area contributed by atoms with Gasteiger partial charge in [-0.25, -0.2) is 9.69 Å². The van der Waals surface area contributed by atoms with Gasteiger partial charge in [0.2, 0.25) is 0 Å². The van der Waals surface area contributed by atoms with Gasteiger partial charge in [-0.15, -0.1) is 0 Å². The van der Waals surface area contributed by atoms with Crippen molar-refractivity contribution < 1.29 is 32.6 Å². The molecule has 0 unspecified atom stereocenters. The molecule has 0 bridgehead atoms.